The molecule has 0 unspecified atom stereocenters. The van der Waals surface area contributed by atoms with E-state index < -0.39 is 0 Å². The maximum absolute atomic E-state index is 12.1. The van der Waals surface area contributed by atoms with Gasteiger partial charge in [0.15, 0.2) is 0 Å². The van der Waals surface area contributed by atoms with Gasteiger partial charge in [-0.1, -0.05) is 78.1 Å². The summed E-state index contributed by atoms with van der Waals surface area (Å²) in [5.41, 5.74) is 0. The first-order valence-electron chi connectivity index (χ1n) is 15.6. The van der Waals surface area contributed by atoms with Gasteiger partial charge in [-0.25, -0.2) is 0 Å². The third kappa shape index (κ3) is 30.6. The molecule has 0 fully saturated rings. The maximum atomic E-state index is 12.1. The Kier molecular flexibility index (Phi) is 31.0. The molecule has 0 saturated heterocycles. The first-order chi connectivity index (χ1) is 17.6. The minimum Gasteiger partial charge on any atom is -1.00 e. The quantitative estimate of drug-likeness (QED) is 0.0771. The van der Waals surface area contributed by atoms with E-state index in [-0.39, 0.29) is 58.7 Å². The van der Waals surface area contributed by atoms with E-state index in [1.165, 1.54) is 89.9 Å². The second kappa shape index (κ2) is 28.0. The number of ether oxygens (including phenoxy) is 2. The highest BCUT2D eigenvalue weighted by atomic mass is 79.9. The normalized spacial score (nSPS) is 11.4. The van der Waals surface area contributed by atoms with E-state index >= 15 is 0 Å². The van der Waals surface area contributed by atoms with Crippen LogP contribution in [0, 0.1) is 0 Å². The molecule has 8 heteroatoms. The lowest BCUT2D eigenvalue weighted by molar-refractivity contribution is -0.890. The van der Waals surface area contributed by atoms with E-state index in [1.807, 2.05) is 0 Å². The minimum absolute atomic E-state index is 0. The summed E-state index contributed by atoms with van der Waals surface area (Å²) in [5.74, 6) is -0.424. The van der Waals surface area contributed by atoms with Crippen molar-refractivity contribution in [3.8, 4) is 0 Å². The fourth-order valence-electron chi connectivity index (χ4n) is 4.55. The number of carbonyl (C=O) groups excluding carboxylic acids is 2. The van der Waals surface area contributed by atoms with Gasteiger partial charge in [0.1, 0.15) is 26.3 Å². The SMILES string of the molecule is CCCCCCCCC[N+](C)(C)CCOC(=O)CCCC(=O)OCC[N+](C)(C)CCCCCCCCC.[Br-].[Br-]. The van der Waals surface area contributed by atoms with E-state index in [4.69, 9.17) is 9.47 Å². The molecule has 0 radical (unpaired) electrons. The van der Waals surface area contributed by atoms with Crippen LogP contribution in [0.1, 0.15) is 123 Å². The topological polar surface area (TPSA) is 52.6 Å². The van der Waals surface area contributed by atoms with Crippen molar-refractivity contribution in [1.82, 2.24) is 0 Å². The molecule has 0 spiro atoms. The Labute approximate surface area is 263 Å². The Morgan fingerprint density at radius 2 is 0.769 bits per heavy atom. The number of quaternary nitrogens is 2. The van der Waals surface area contributed by atoms with Gasteiger partial charge in [0, 0.05) is 12.8 Å². The number of unbranched alkanes of at least 4 members (excludes halogenated alkanes) is 12. The van der Waals surface area contributed by atoms with Gasteiger partial charge in [-0.2, -0.15) is 0 Å². The van der Waals surface area contributed by atoms with Crippen LogP contribution in [0.25, 0.3) is 0 Å². The molecule has 0 saturated carbocycles. The molecule has 0 rings (SSSR count). The second-order valence-corrected chi connectivity index (χ2v) is 12.3. The summed E-state index contributed by atoms with van der Waals surface area (Å²) in [5, 5.41) is 0. The van der Waals surface area contributed by atoms with Gasteiger partial charge in [0.25, 0.3) is 0 Å². The summed E-state index contributed by atoms with van der Waals surface area (Å²) < 4.78 is 12.6. The highest BCUT2D eigenvalue weighted by molar-refractivity contribution is 5.72. The van der Waals surface area contributed by atoms with Crippen LogP contribution in [0.15, 0.2) is 0 Å². The fourth-order valence-corrected chi connectivity index (χ4v) is 4.55. The zero-order valence-corrected chi connectivity index (χ0v) is 29.7. The lowest BCUT2D eigenvalue weighted by Gasteiger charge is -2.29. The predicted molar refractivity (Wildman–Crippen MR) is 155 cm³/mol. The molecule has 0 heterocycles. The van der Waals surface area contributed by atoms with Gasteiger partial charge in [-0.3, -0.25) is 9.59 Å². The van der Waals surface area contributed by atoms with E-state index in [1.54, 1.807) is 0 Å². The summed E-state index contributed by atoms with van der Waals surface area (Å²) in [4.78, 5) is 24.1. The Balaban J connectivity index is -0.00000648. The van der Waals surface area contributed by atoms with Gasteiger partial charge < -0.3 is 52.4 Å². The average molecular weight is 689 g/mol. The largest absolute Gasteiger partial charge is 1.00 e. The van der Waals surface area contributed by atoms with Crippen molar-refractivity contribution in [2.24, 2.45) is 0 Å². The summed E-state index contributed by atoms with van der Waals surface area (Å²) in [6.07, 6.45) is 19.4. The molecule has 39 heavy (non-hydrogen) atoms. The van der Waals surface area contributed by atoms with Crippen LogP contribution in [0.2, 0.25) is 0 Å². The summed E-state index contributed by atoms with van der Waals surface area (Å²) in [6.45, 7) is 9.28. The molecular weight excluding hydrogens is 624 g/mol. The molecule has 0 amide bonds. The number of rotatable bonds is 26. The fraction of sp³-hybridized carbons (Fsp3) is 0.935. The Morgan fingerprint density at radius 3 is 1.10 bits per heavy atom. The number of carbonyl (C=O) groups is 2. The lowest BCUT2D eigenvalue weighted by Crippen LogP contribution is -3.00. The molecular formula is C31H64Br2N2O4. The van der Waals surface area contributed by atoms with E-state index in [0.717, 1.165) is 35.1 Å². The van der Waals surface area contributed by atoms with Crippen LogP contribution in [-0.2, 0) is 19.1 Å². The first kappa shape index (κ1) is 43.3. The summed E-state index contributed by atoms with van der Waals surface area (Å²) in [7, 11) is 8.82. The van der Waals surface area contributed by atoms with Crippen molar-refractivity contribution in [1.29, 1.82) is 0 Å². The number of nitrogens with zero attached hydrogens (tertiary/aromatic N) is 2. The van der Waals surface area contributed by atoms with Crippen molar-refractivity contribution < 1.29 is 62.0 Å². The molecule has 0 bridgehead atoms. The van der Waals surface area contributed by atoms with Crippen LogP contribution in [0.3, 0.4) is 0 Å². The number of halogens is 2. The van der Waals surface area contributed by atoms with Crippen molar-refractivity contribution in [3.05, 3.63) is 0 Å². The van der Waals surface area contributed by atoms with Crippen LogP contribution in [0.5, 0.6) is 0 Å². The highest BCUT2D eigenvalue weighted by Crippen LogP contribution is 2.11. The lowest BCUT2D eigenvalue weighted by atomic mass is 10.1. The molecule has 0 aromatic carbocycles. The Bertz CT molecular complexity index is 527. The predicted octanol–water partition coefficient (Wildman–Crippen LogP) is 0.905. The van der Waals surface area contributed by atoms with Crippen molar-refractivity contribution in [2.45, 2.75) is 123 Å². The highest BCUT2D eigenvalue weighted by Gasteiger charge is 2.17. The Morgan fingerprint density at radius 1 is 0.462 bits per heavy atom. The summed E-state index contributed by atoms with van der Waals surface area (Å²) in [6, 6.07) is 0. The molecule has 0 aliphatic carbocycles. The van der Waals surface area contributed by atoms with Gasteiger partial charge in [-0.15, -0.1) is 0 Å². The van der Waals surface area contributed by atoms with Gasteiger partial charge >= 0.3 is 11.9 Å². The van der Waals surface area contributed by atoms with Crippen molar-refractivity contribution >= 4 is 11.9 Å². The minimum atomic E-state index is -0.212. The zero-order chi connectivity index (χ0) is 27.8. The molecule has 236 valence electrons. The monoisotopic (exact) mass is 686 g/mol. The third-order valence-electron chi connectivity index (χ3n) is 7.42. The number of hydrogen-bond acceptors (Lipinski definition) is 4. The van der Waals surface area contributed by atoms with Crippen LogP contribution < -0.4 is 34.0 Å². The van der Waals surface area contributed by atoms with Crippen LogP contribution >= 0.6 is 0 Å². The second-order valence-electron chi connectivity index (χ2n) is 12.3. The number of likely N-dealkylation sites (N-methyl/N-ethyl adjacent to an activating group) is 2. The molecule has 0 aliphatic rings. The third-order valence-corrected chi connectivity index (χ3v) is 7.42. The first-order valence-corrected chi connectivity index (χ1v) is 15.6. The number of hydrogen-bond donors (Lipinski definition) is 0. The van der Waals surface area contributed by atoms with E-state index in [0.29, 0.717) is 19.6 Å². The van der Waals surface area contributed by atoms with E-state index in [9.17, 15) is 9.59 Å². The standard InChI is InChI=1S/C31H64N2O4.2BrH/c1-7-9-11-13-15-17-19-24-32(3,4)26-28-36-30(34)22-21-23-31(35)37-29-27-33(5,6)25-20-18-16-14-12-10-8-2;;/h7-29H2,1-6H3;2*1H/q+2;;/p-2. The van der Waals surface area contributed by atoms with Crippen molar-refractivity contribution in [3.63, 3.8) is 0 Å². The molecule has 0 aromatic heterocycles. The maximum Gasteiger partial charge on any atom is 0.306 e. The number of esters is 2. The molecule has 0 atom stereocenters. The Hall–Kier alpha value is -0.180. The van der Waals surface area contributed by atoms with Crippen LogP contribution in [0.4, 0.5) is 0 Å². The summed E-state index contributed by atoms with van der Waals surface area (Å²) >= 11 is 0. The zero-order valence-electron chi connectivity index (χ0n) is 26.5. The molecule has 6 nitrogen and oxygen atoms in total. The van der Waals surface area contributed by atoms with Gasteiger partial charge in [-0.05, 0) is 32.1 Å². The average Bonchev–Trinajstić information content (AvgIpc) is 2.82. The van der Waals surface area contributed by atoms with Crippen molar-refractivity contribution in [2.75, 3.05) is 67.6 Å². The van der Waals surface area contributed by atoms with Gasteiger partial charge in [0.2, 0.25) is 0 Å². The van der Waals surface area contributed by atoms with Crippen LogP contribution in [-0.4, -0.2) is 88.5 Å². The molecule has 0 aliphatic heterocycles. The van der Waals surface area contributed by atoms with Gasteiger partial charge in [0.05, 0.1) is 41.3 Å². The molecule has 0 aromatic rings. The smallest absolute Gasteiger partial charge is 0.306 e. The molecule has 0 N–H and O–H groups in total. The van der Waals surface area contributed by atoms with E-state index in [2.05, 4.69) is 42.0 Å².